The molecule has 0 fully saturated rings. The Labute approximate surface area is 108 Å². The summed E-state index contributed by atoms with van der Waals surface area (Å²) in [5.74, 6) is 0.431. The lowest BCUT2D eigenvalue weighted by molar-refractivity contribution is 0.302. The lowest BCUT2D eigenvalue weighted by Gasteiger charge is -2.09. The molecule has 1 heterocycles. The second kappa shape index (κ2) is 5.27. The van der Waals surface area contributed by atoms with E-state index in [1.807, 2.05) is 25.1 Å². The Bertz CT molecular complexity index is 531. The summed E-state index contributed by atoms with van der Waals surface area (Å²) < 4.78 is 19.5. The summed E-state index contributed by atoms with van der Waals surface area (Å²) in [5.41, 5.74) is 1.75. The molecule has 0 aliphatic rings. The van der Waals surface area contributed by atoms with Gasteiger partial charge < -0.3 is 4.74 Å². The number of ether oxygens (including phenoxy) is 1. The first-order valence-electron chi connectivity index (χ1n) is 5.13. The number of hydrogen-bond acceptors (Lipinski definition) is 2. The van der Waals surface area contributed by atoms with Crippen molar-refractivity contribution in [3.05, 3.63) is 58.1 Å². The highest BCUT2D eigenvalue weighted by Crippen LogP contribution is 2.23. The van der Waals surface area contributed by atoms with Crippen LogP contribution in [0.25, 0.3) is 0 Å². The van der Waals surface area contributed by atoms with Crippen molar-refractivity contribution in [3.63, 3.8) is 0 Å². The SMILES string of the molecule is Cc1ccc(Br)cc1OCc1cncc(F)c1. The molecule has 2 nitrogen and oxygen atoms in total. The number of nitrogens with zero attached hydrogens (tertiary/aromatic N) is 1. The highest BCUT2D eigenvalue weighted by Gasteiger charge is 2.02. The summed E-state index contributed by atoms with van der Waals surface area (Å²) in [6, 6.07) is 7.22. The van der Waals surface area contributed by atoms with E-state index >= 15 is 0 Å². The molecule has 0 unspecified atom stereocenters. The van der Waals surface area contributed by atoms with Crippen molar-refractivity contribution in [3.8, 4) is 5.75 Å². The average Bonchev–Trinajstić information content (AvgIpc) is 2.30. The topological polar surface area (TPSA) is 22.1 Å². The van der Waals surface area contributed by atoms with E-state index in [0.717, 1.165) is 15.8 Å². The van der Waals surface area contributed by atoms with Gasteiger partial charge in [0.2, 0.25) is 0 Å². The van der Waals surface area contributed by atoms with Gasteiger partial charge in [-0.2, -0.15) is 0 Å². The number of aromatic nitrogens is 1. The number of hydrogen-bond donors (Lipinski definition) is 0. The van der Waals surface area contributed by atoms with Crippen LogP contribution in [0.15, 0.2) is 41.1 Å². The van der Waals surface area contributed by atoms with E-state index in [1.165, 1.54) is 12.3 Å². The Morgan fingerprint density at radius 1 is 1.29 bits per heavy atom. The van der Waals surface area contributed by atoms with Crippen molar-refractivity contribution in [2.24, 2.45) is 0 Å². The highest BCUT2D eigenvalue weighted by molar-refractivity contribution is 9.10. The van der Waals surface area contributed by atoms with Crippen LogP contribution in [0.1, 0.15) is 11.1 Å². The summed E-state index contributed by atoms with van der Waals surface area (Å²) in [4.78, 5) is 3.77. The van der Waals surface area contributed by atoms with Crippen LogP contribution in [-0.2, 0) is 6.61 Å². The van der Waals surface area contributed by atoms with Gasteiger partial charge in [0.25, 0.3) is 0 Å². The molecular formula is C13H11BrFNO. The molecule has 2 rings (SSSR count). The van der Waals surface area contributed by atoms with Gasteiger partial charge in [-0.1, -0.05) is 22.0 Å². The monoisotopic (exact) mass is 295 g/mol. The van der Waals surface area contributed by atoms with Gasteiger partial charge in [0.15, 0.2) is 0 Å². The molecule has 2 aromatic rings. The van der Waals surface area contributed by atoms with Crippen molar-refractivity contribution < 1.29 is 9.13 Å². The van der Waals surface area contributed by atoms with E-state index in [2.05, 4.69) is 20.9 Å². The smallest absolute Gasteiger partial charge is 0.141 e. The molecule has 0 aliphatic heterocycles. The number of rotatable bonds is 3. The van der Waals surface area contributed by atoms with Gasteiger partial charge in [0.05, 0.1) is 6.20 Å². The van der Waals surface area contributed by atoms with E-state index in [-0.39, 0.29) is 5.82 Å². The maximum atomic E-state index is 12.9. The van der Waals surface area contributed by atoms with Crippen molar-refractivity contribution in [2.45, 2.75) is 13.5 Å². The van der Waals surface area contributed by atoms with Crippen LogP contribution >= 0.6 is 15.9 Å². The summed E-state index contributed by atoms with van der Waals surface area (Å²) in [7, 11) is 0. The van der Waals surface area contributed by atoms with Gasteiger partial charge in [-0.05, 0) is 30.7 Å². The van der Waals surface area contributed by atoms with E-state index in [4.69, 9.17) is 4.74 Å². The number of benzene rings is 1. The number of aryl methyl sites for hydroxylation is 1. The van der Waals surface area contributed by atoms with Crippen molar-refractivity contribution >= 4 is 15.9 Å². The molecular weight excluding hydrogens is 285 g/mol. The van der Waals surface area contributed by atoms with Crippen LogP contribution in [0.2, 0.25) is 0 Å². The summed E-state index contributed by atoms with van der Waals surface area (Å²) >= 11 is 3.38. The van der Waals surface area contributed by atoms with Crippen LogP contribution in [0.5, 0.6) is 5.75 Å². The second-order valence-electron chi connectivity index (χ2n) is 3.71. The maximum absolute atomic E-state index is 12.9. The summed E-state index contributed by atoms with van der Waals surface area (Å²) in [6.07, 6.45) is 2.77. The third-order valence-electron chi connectivity index (χ3n) is 2.31. The molecule has 0 saturated heterocycles. The van der Waals surface area contributed by atoms with Crippen molar-refractivity contribution in [2.75, 3.05) is 0 Å². The van der Waals surface area contributed by atoms with Crippen LogP contribution < -0.4 is 4.74 Å². The van der Waals surface area contributed by atoms with Gasteiger partial charge in [0, 0.05) is 16.2 Å². The molecule has 0 atom stereocenters. The predicted molar refractivity (Wildman–Crippen MR) is 67.4 cm³/mol. The fraction of sp³-hybridized carbons (Fsp3) is 0.154. The molecule has 0 amide bonds. The molecule has 0 spiro atoms. The molecule has 0 radical (unpaired) electrons. The first kappa shape index (κ1) is 12.0. The summed E-state index contributed by atoms with van der Waals surface area (Å²) in [6.45, 7) is 2.27. The van der Waals surface area contributed by atoms with E-state index in [1.54, 1.807) is 6.20 Å². The molecule has 0 N–H and O–H groups in total. The Morgan fingerprint density at radius 2 is 2.12 bits per heavy atom. The molecule has 1 aromatic carbocycles. The Morgan fingerprint density at radius 3 is 2.88 bits per heavy atom. The van der Waals surface area contributed by atoms with E-state index in [0.29, 0.717) is 12.2 Å². The third-order valence-corrected chi connectivity index (χ3v) is 2.80. The zero-order valence-electron chi connectivity index (χ0n) is 9.28. The van der Waals surface area contributed by atoms with Crippen LogP contribution in [-0.4, -0.2) is 4.98 Å². The number of halogens is 2. The van der Waals surface area contributed by atoms with Crippen molar-refractivity contribution in [1.29, 1.82) is 0 Å². The average molecular weight is 296 g/mol. The molecule has 17 heavy (non-hydrogen) atoms. The van der Waals surface area contributed by atoms with Gasteiger partial charge in [0.1, 0.15) is 18.2 Å². The Hall–Kier alpha value is -1.42. The molecule has 0 aliphatic carbocycles. The fourth-order valence-electron chi connectivity index (χ4n) is 1.43. The molecule has 0 saturated carbocycles. The van der Waals surface area contributed by atoms with E-state index in [9.17, 15) is 4.39 Å². The lowest BCUT2D eigenvalue weighted by Crippen LogP contribution is -1.98. The van der Waals surface area contributed by atoms with Gasteiger partial charge in [-0.15, -0.1) is 0 Å². The minimum Gasteiger partial charge on any atom is -0.489 e. The first-order chi connectivity index (χ1) is 8.15. The second-order valence-corrected chi connectivity index (χ2v) is 4.63. The minimum atomic E-state index is -0.350. The third kappa shape index (κ3) is 3.27. The fourth-order valence-corrected chi connectivity index (χ4v) is 1.77. The van der Waals surface area contributed by atoms with Crippen LogP contribution in [0.3, 0.4) is 0 Å². The lowest BCUT2D eigenvalue weighted by atomic mass is 10.2. The first-order valence-corrected chi connectivity index (χ1v) is 5.93. The Balaban J connectivity index is 2.09. The quantitative estimate of drug-likeness (QED) is 0.857. The molecule has 0 bridgehead atoms. The summed E-state index contributed by atoms with van der Waals surface area (Å²) in [5, 5.41) is 0. The van der Waals surface area contributed by atoms with Crippen molar-refractivity contribution in [1.82, 2.24) is 4.98 Å². The van der Waals surface area contributed by atoms with Gasteiger partial charge in [-0.25, -0.2) is 4.39 Å². The highest BCUT2D eigenvalue weighted by atomic mass is 79.9. The predicted octanol–water partition coefficient (Wildman–Crippen LogP) is 3.87. The normalized spacial score (nSPS) is 10.3. The zero-order valence-corrected chi connectivity index (χ0v) is 10.9. The minimum absolute atomic E-state index is 0.308. The zero-order chi connectivity index (χ0) is 12.3. The van der Waals surface area contributed by atoms with Crippen LogP contribution in [0, 0.1) is 12.7 Å². The number of pyridine rings is 1. The maximum Gasteiger partial charge on any atom is 0.141 e. The Kier molecular flexibility index (Phi) is 3.74. The van der Waals surface area contributed by atoms with Gasteiger partial charge >= 0.3 is 0 Å². The molecule has 1 aromatic heterocycles. The molecule has 4 heteroatoms. The van der Waals surface area contributed by atoms with E-state index < -0.39 is 0 Å². The molecule has 88 valence electrons. The van der Waals surface area contributed by atoms with Crippen LogP contribution in [0.4, 0.5) is 4.39 Å². The van der Waals surface area contributed by atoms with Gasteiger partial charge in [-0.3, -0.25) is 4.98 Å². The largest absolute Gasteiger partial charge is 0.489 e. The standard InChI is InChI=1S/C13H11BrFNO/c1-9-2-3-11(14)5-13(9)17-8-10-4-12(15)7-16-6-10/h2-7H,8H2,1H3.